The highest BCUT2D eigenvalue weighted by molar-refractivity contribution is 7.78. The fourth-order valence-corrected chi connectivity index (χ4v) is 1.04. The molecule has 0 saturated heterocycles. The van der Waals surface area contributed by atoms with Gasteiger partial charge in [-0.3, -0.25) is 0 Å². The Balaban J connectivity index is 3.98. The Morgan fingerprint density at radius 2 is 2.18 bits per heavy atom. The standard InChI is InChI=1S/C8H13NOS/c1-7(10)4-8(2,3)5-9-6-11/h4-5H2,1-3H3. The topological polar surface area (TPSA) is 29.4 Å². The smallest absolute Gasteiger partial charge is 0.130 e. The van der Waals surface area contributed by atoms with E-state index in [1.165, 1.54) is 0 Å². The summed E-state index contributed by atoms with van der Waals surface area (Å²) in [6.07, 6.45) is 0.549. The molecule has 0 radical (unpaired) electrons. The van der Waals surface area contributed by atoms with E-state index in [1.807, 2.05) is 13.8 Å². The first-order valence-corrected chi connectivity index (χ1v) is 3.92. The number of thiocarbonyl (C=S) groups is 1. The Morgan fingerprint density at radius 3 is 2.55 bits per heavy atom. The van der Waals surface area contributed by atoms with Crippen LogP contribution in [0.1, 0.15) is 27.2 Å². The highest BCUT2D eigenvalue weighted by Gasteiger charge is 2.18. The SMILES string of the molecule is CC(=O)CC(C)(C)CN=C=S. The average molecular weight is 171 g/mol. The van der Waals surface area contributed by atoms with Crippen LogP contribution in [0.25, 0.3) is 0 Å². The summed E-state index contributed by atoms with van der Waals surface area (Å²) in [6, 6.07) is 0. The van der Waals surface area contributed by atoms with E-state index in [0.29, 0.717) is 13.0 Å². The van der Waals surface area contributed by atoms with Crippen molar-refractivity contribution in [2.45, 2.75) is 27.2 Å². The molecule has 0 aliphatic carbocycles. The van der Waals surface area contributed by atoms with Gasteiger partial charge in [-0.1, -0.05) is 13.8 Å². The zero-order valence-electron chi connectivity index (χ0n) is 7.18. The third kappa shape index (κ3) is 5.89. The van der Waals surface area contributed by atoms with Crippen molar-refractivity contribution >= 4 is 23.2 Å². The molecule has 0 amide bonds. The number of hydrogen-bond acceptors (Lipinski definition) is 3. The van der Waals surface area contributed by atoms with Gasteiger partial charge >= 0.3 is 0 Å². The Morgan fingerprint density at radius 1 is 1.64 bits per heavy atom. The quantitative estimate of drug-likeness (QED) is 0.479. The monoisotopic (exact) mass is 171 g/mol. The summed E-state index contributed by atoms with van der Waals surface area (Å²) < 4.78 is 0. The zero-order chi connectivity index (χ0) is 8.91. The molecule has 2 nitrogen and oxygen atoms in total. The fourth-order valence-electron chi connectivity index (χ4n) is 0.976. The average Bonchev–Trinajstić information content (AvgIpc) is 1.81. The van der Waals surface area contributed by atoms with E-state index in [0.717, 1.165) is 0 Å². The molecule has 62 valence electrons. The van der Waals surface area contributed by atoms with Gasteiger partial charge in [0.25, 0.3) is 0 Å². The first kappa shape index (κ1) is 10.5. The molecule has 0 fully saturated rings. The van der Waals surface area contributed by atoms with E-state index in [2.05, 4.69) is 22.4 Å². The van der Waals surface area contributed by atoms with Gasteiger partial charge in [0.2, 0.25) is 0 Å². The maximum absolute atomic E-state index is 10.7. The van der Waals surface area contributed by atoms with Crippen molar-refractivity contribution in [1.29, 1.82) is 0 Å². The molecule has 0 bridgehead atoms. The summed E-state index contributed by atoms with van der Waals surface area (Å²) in [6.45, 7) is 6.15. The molecular weight excluding hydrogens is 158 g/mol. The van der Waals surface area contributed by atoms with Crippen LogP contribution in [-0.4, -0.2) is 17.5 Å². The zero-order valence-corrected chi connectivity index (χ0v) is 7.99. The second kappa shape index (κ2) is 4.37. The van der Waals surface area contributed by atoms with Crippen LogP contribution < -0.4 is 0 Å². The molecule has 0 aromatic rings. The lowest BCUT2D eigenvalue weighted by atomic mass is 9.88. The Labute approximate surface area is 72.7 Å². The van der Waals surface area contributed by atoms with Crippen LogP contribution in [0.4, 0.5) is 0 Å². The molecular formula is C8H13NOS. The molecule has 11 heavy (non-hydrogen) atoms. The number of carbonyl (C=O) groups excluding carboxylic acids is 1. The fraction of sp³-hybridized carbons (Fsp3) is 0.750. The van der Waals surface area contributed by atoms with E-state index in [4.69, 9.17) is 0 Å². The number of Topliss-reactive ketones (excluding diaryl/α,β-unsaturated/α-hetero) is 1. The number of isothiocyanates is 1. The number of rotatable bonds is 4. The van der Waals surface area contributed by atoms with Crippen molar-refractivity contribution in [3.05, 3.63) is 0 Å². The van der Waals surface area contributed by atoms with Gasteiger partial charge in [-0.2, -0.15) is 0 Å². The van der Waals surface area contributed by atoms with Crippen LogP contribution in [0.3, 0.4) is 0 Å². The minimum Gasteiger partial charge on any atom is -0.300 e. The summed E-state index contributed by atoms with van der Waals surface area (Å²) >= 11 is 4.43. The van der Waals surface area contributed by atoms with Crippen molar-refractivity contribution in [3.8, 4) is 0 Å². The van der Waals surface area contributed by atoms with Crippen molar-refractivity contribution in [1.82, 2.24) is 0 Å². The second-order valence-electron chi connectivity index (χ2n) is 3.45. The number of aliphatic imine (C=N–C) groups is 1. The van der Waals surface area contributed by atoms with Crippen LogP contribution in [-0.2, 0) is 4.79 Å². The predicted octanol–water partition coefficient (Wildman–Crippen LogP) is 2.09. The first-order valence-electron chi connectivity index (χ1n) is 3.51. The molecule has 0 aromatic carbocycles. The molecule has 0 rings (SSSR count). The van der Waals surface area contributed by atoms with E-state index in [1.54, 1.807) is 6.92 Å². The number of hydrogen-bond donors (Lipinski definition) is 0. The third-order valence-corrected chi connectivity index (χ3v) is 1.43. The Bertz CT molecular complexity index is 186. The summed E-state index contributed by atoms with van der Waals surface area (Å²) in [5, 5.41) is 2.29. The van der Waals surface area contributed by atoms with Crippen molar-refractivity contribution in [2.24, 2.45) is 10.4 Å². The first-order chi connectivity index (χ1) is 4.98. The van der Waals surface area contributed by atoms with Crippen LogP contribution in [0.15, 0.2) is 4.99 Å². The van der Waals surface area contributed by atoms with Crippen LogP contribution in [0.2, 0.25) is 0 Å². The molecule has 0 aliphatic rings. The lowest BCUT2D eigenvalue weighted by Crippen LogP contribution is -2.18. The normalized spacial score (nSPS) is 10.5. The summed E-state index contributed by atoms with van der Waals surface area (Å²) in [4.78, 5) is 14.5. The van der Waals surface area contributed by atoms with Gasteiger partial charge in [0.05, 0.1) is 11.7 Å². The summed E-state index contributed by atoms with van der Waals surface area (Å²) in [5.41, 5.74) is -0.0718. The largest absolute Gasteiger partial charge is 0.300 e. The number of ketones is 1. The van der Waals surface area contributed by atoms with E-state index >= 15 is 0 Å². The van der Waals surface area contributed by atoms with E-state index in [-0.39, 0.29) is 11.2 Å². The molecule has 0 heterocycles. The van der Waals surface area contributed by atoms with Gasteiger partial charge in [-0.05, 0) is 24.6 Å². The molecule has 0 unspecified atom stereocenters. The Kier molecular flexibility index (Phi) is 4.16. The molecule has 0 saturated carbocycles. The molecule has 0 atom stereocenters. The van der Waals surface area contributed by atoms with Gasteiger partial charge in [0.1, 0.15) is 5.78 Å². The maximum atomic E-state index is 10.7. The van der Waals surface area contributed by atoms with Crippen molar-refractivity contribution < 1.29 is 4.79 Å². The van der Waals surface area contributed by atoms with Crippen LogP contribution in [0.5, 0.6) is 0 Å². The van der Waals surface area contributed by atoms with Crippen molar-refractivity contribution in [3.63, 3.8) is 0 Å². The van der Waals surface area contributed by atoms with Crippen molar-refractivity contribution in [2.75, 3.05) is 6.54 Å². The minimum absolute atomic E-state index is 0.0718. The van der Waals surface area contributed by atoms with Gasteiger partial charge in [-0.25, -0.2) is 4.99 Å². The van der Waals surface area contributed by atoms with Gasteiger partial charge < -0.3 is 4.79 Å². The van der Waals surface area contributed by atoms with E-state index in [9.17, 15) is 4.79 Å². The minimum atomic E-state index is -0.0718. The molecule has 0 aliphatic heterocycles. The van der Waals surface area contributed by atoms with Gasteiger partial charge in [0, 0.05) is 6.42 Å². The third-order valence-electron chi connectivity index (χ3n) is 1.30. The maximum Gasteiger partial charge on any atom is 0.130 e. The predicted molar refractivity (Wildman–Crippen MR) is 49.0 cm³/mol. The lowest BCUT2D eigenvalue weighted by molar-refractivity contribution is -0.118. The second-order valence-corrected chi connectivity index (χ2v) is 3.63. The molecule has 0 aromatic heterocycles. The van der Waals surface area contributed by atoms with Crippen LogP contribution in [0, 0.1) is 5.41 Å². The molecule has 3 heteroatoms. The lowest BCUT2D eigenvalue weighted by Gasteiger charge is -2.19. The van der Waals surface area contributed by atoms with Gasteiger partial charge in [-0.15, -0.1) is 0 Å². The van der Waals surface area contributed by atoms with Gasteiger partial charge in [0.15, 0.2) is 0 Å². The highest BCUT2D eigenvalue weighted by atomic mass is 32.1. The number of nitrogens with zero attached hydrogens (tertiary/aromatic N) is 1. The van der Waals surface area contributed by atoms with Crippen LogP contribution >= 0.6 is 12.2 Å². The highest BCUT2D eigenvalue weighted by Crippen LogP contribution is 2.20. The van der Waals surface area contributed by atoms with E-state index < -0.39 is 0 Å². The Hall–Kier alpha value is -0.530. The number of carbonyl (C=O) groups is 1. The summed E-state index contributed by atoms with van der Waals surface area (Å²) in [5.74, 6) is 0.189. The molecule has 0 spiro atoms. The molecule has 0 N–H and O–H groups in total. The summed E-state index contributed by atoms with van der Waals surface area (Å²) in [7, 11) is 0.